The molecule has 0 atom stereocenters. The Kier molecular flexibility index (Phi) is 5.20. The number of halogens is 2. The van der Waals surface area contributed by atoms with Crippen LogP contribution in [0.4, 0.5) is 5.69 Å². The van der Waals surface area contributed by atoms with Crippen molar-refractivity contribution in [3.05, 3.63) is 63.8 Å². The molecule has 0 unspecified atom stereocenters. The van der Waals surface area contributed by atoms with Gasteiger partial charge in [-0.3, -0.25) is 9.59 Å². The van der Waals surface area contributed by atoms with E-state index in [4.69, 9.17) is 27.6 Å². The van der Waals surface area contributed by atoms with Crippen LogP contribution in [0, 0.1) is 6.92 Å². The molecule has 2 amide bonds. The van der Waals surface area contributed by atoms with Crippen molar-refractivity contribution in [1.82, 2.24) is 4.90 Å². The molecule has 0 aliphatic carbocycles. The second-order valence-corrected chi connectivity index (χ2v) is 6.68. The standard InChI is InChI=1S/C19H16Cl2N2O3/c1-11-12-6-5-8-14(21)18(12)26-17(11)19(25)23(2)10-16(24)22-15-9-4-3-7-13(15)20/h3-9H,10H2,1-2H3,(H,22,24). The molecule has 0 spiro atoms. The number of aryl methyl sites for hydroxylation is 1. The lowest BCUT2D eigenvalue weighted by Gasteiger charge is -2.16. The minimum Gasteiger partial charge on any atom is -0.449 e. The number of hydrogen-bond donors (Lipinski definition) is 1. The van der Waals surface area contributed by atoms with Gasteiger partial charge in [-0.2, -0.15) is 0 Å². The minimum absolute atomic E-state index is 0.145. The number of anilines is 1. The molecule has 0 aliphatic heterocycles. The second-order valence-electron chi connectivity index (χ2n) is 5.86. The van der Waals surface area contributed by atoms with Crippen molar-refractivity contribution < 1.29 is 14.0 Å². The molecule has 0 saturated heterocycles. The first kappa shape index (κ1) is 18.3. The van der Waals surface area contributed by atoms with E-state index in [9.17, 15) is 9.59 Å². The molecule has 3 rings (SSSR count). The Morgan fingerprint density at radius 1 is 1.08 bits per heavy atom. The quantitative estimate of drug-likeness (QED) is 0.698. The van der Waals surface area contributed by atoms with E-state index >= 15 is 0 Å². The summed E-state index contributed by atoms with van der Waals surface area (Å²) < 4.78 is 5.66. The van der Waals surface area contributed by atoms with Crippen LogP contribution in [0.2, 0.25) is 10.0 Å². The number of rotatable bonds is 4. The van der Waals surface area contributed by atoms with E-state index in [1.54, 1.807) is 43.3 Å². The van der Waals surface area contributed by atoms with Gasteiger partial charge in [-0.15, -0.1) is 0 Å². The molecule has 7 heteroatoms. The SMILES string of the molecule is Cc1c(C(=O)N(C)CC(=O)Nc2ccccc2Cl)oc2c(Cl)cccc12. The van der Waals surface area contributed by atoms with Crippen molar-refractivity contribution in [3.63, 3.8) is 0 Å². The van der Waals surface area contributed by atoms with Gasteiger partial charge in [0.1, 0.15) is 0 Å². The number of likely N-dealkylation sites (N-methyl/N-ethyl adjacent to an activating group) is 1. The Labute approximate surface area is 160 Å². The summed E-state index contributed by atoms with van der Waals surface area (Å²) in [6, 6.07) is 12.2. The van der Waals surface area contributed by atoms with Crippen molar-refractivity contribution in [3.8, 4) is 0 Å². The van der Waals surface area contributed by atoms with Crippen molar-refractivity contribution in [2.75, 3.05) is 18.9 Å². The summed E-state index contributed by atoms with van der Waals surface area (Å²) in [4.78, 5) is 26.2. The van der Waals surface area contributed by atoms with Crippen molar-refractivity contribution in [2.24, 2.45) is 0 Å². The van der Waals surface area contributed by atoms with E-state index in [1.165, 1.54) is 11.9 Å². The molecule has 3 aromatic rings. The molecule has 0 saturated carbocycles. The monoisotopic (exact) mass is 390 g/mol. The Hall–Kier alpha value is -2.50. The zero-order valence-corrected chi connectivity index (χ0v) is 15.7. The number of hydrogen-bond acceptors (Lipinski definition) is 3. The highest BCUT2D eigenvalue weighted by atomic mass is 35.5. The van der Waals surface area contributed by atoms with Crippen LogP contribution in [0.25, 0.3) is 11.0 Å². The Morgan fingerprint density at radius 3 is 2.46 bits per heavy atom. The van der Waals surface area contributed by atoms with E-state index in [-0.39, 0.29) is 18.2 Å². The molecule has 0 radical (unpaired) electrons. The summed E-state index contributed by atoms with van der Waals surface area (Å²) in [6.45, 7) is 1.64. The van der Waals surface area contributed by atoms with E-state index in [1.807, 2.05) is 6.07 Å². The number of fused-ring (bicyclic) bond motifs is 1. The number of carbonyl (C=O) groups excluding carboxylic acids is 2. The molecule has 0 bridgehead atoms. The van der Waals surface area contributed by atoms with Gasteiger partial charge < -0.3 is 14.6 Å². The maximum atomic E-state index is 12.7. The lowest BCUT2D eigenvalue weighted by Crippen LogP contribution is -2.35. The predicted molar refractivity (Wildman–Crippen MR) is 103 cm³/mol. The number of carbonyl (C=O) groups is 2. The minimum atomic E-state index is -0.399. The fourth-order valence-corrected chi connectivity index (χ4v) is 3.02. The number of nitrogens with zero attached hydrogens (tertiary/aromatic N) is 1. The first-order valence-corrected chi connectivity index (χ1v) is 8.61. The van der Waals surface area contributed by atoms with Crippen LogP contribution in [0.15, 0.2) is 46.9 Å². The van der Waals surface area contributed by atoms with Crippen molar-refractivity contribution in [1.29, 1.82) is 0 Å². The van der Waals surface area contributed by atoms with Crippen LogP contribution < -0.4 is 5.32 Å². The zero-order valence-electron chi connectivity index (χ0n) is 14.2. The molecule has 1 heterocycles. The van der Waals surface area contributed by atoms with Crippen molar-refractivity contribution >= 4 is 51.7 Å². The molecule has 134 valence electrons. The largest absolute Gasteiger partial charge is 0.449 e. The van der Waals surface area contributed by atoms with Crippen LogP contribution in [-0.2, 0) is 4.79 Å². The Bertz CT molecular complexity index is 998. The van der Waals surface area contributed by atoms with Crippen LogP contribution in [0.5, 0.6) is 0 Å². The van der Waals surface area contributed by atoms with Gasteiger partial charge in [-0.25, -0.2) is 0 Å². The molecule has 0 aliphatic rings. The first-order chi connectivity index (χ1) is 12.4. The molecular weight excluding hydrogens is 375 g/mol. The highest BCUT2D eigenvalue weighted by Crippen LogP contribution is 2.31. The van der Waals surface area contributed by atoms with Crippen LogP contribution in [-0.4, -0.2) is 30.3 Å². The van der Waals surface area contributed by atoms with Gasteiger partial charge in [0, 0.05) is 18.0 Å². The summed E-state index contributed by atoms with van der Waals surface area (Å²) in [6.07, 6.45) is 0. The third-order valence-electron chi connectivity index (χ3n) is 3.99. The van der Waals surface area contributed by atoms with Gasteiger partial charge in [0.2, 0.25) is 5.91 Å². The summed E-state index contributed by atoms with van der Waals surface area (Å²) in [5.74, 6) is -0.592. The topological polar surface area (TPSA) is 62.6 Å². The van der Waals surface area contributed by atoms with Gasteiger partial charge in [0.05, 0.1) is 22.3 Å². The summed E-state index contributed by atoms with van der Waals surface area (Å²) in [7, 11) is 1.53. The second kappa shape index (κ2) is 7.40. The number of para-hydroxylation sites is 2. The maximum Gasteiger partial charge on any atom is 0.290 e. The number of furan rings is 1. The number of amides is 2. The van der Waals surface area contributed by atoms with E-state index in [2.05, 4.69) is 5.32 Å². The third-order valence-corrected chi connectivity index (χ3v) is 4.61. The Balaban J connectivity index is 1.76. The molecule has 1 aromatic heterocycles. The highest BCUT2D eigenvalue weighted by Gasteiger charge is 2.23. The van der Waals surface area contributed by atoms with E-state index in [0.29, 0.717) is 26.9 Å². The Morgan fingerprint density at radius 2 is 1.77 bits per heavy atom. The molecule has 2 aromatic carbocycles. The summed E-state index contributed by atoms with van der Waals surface area (Å²) in [5.41, 5.74) is 1.64. The van der Waals surface area contributed by atoms with Crippen molar-refractivity contribution in [2.45, 2.75) is 6.92 Å². The number of nitrogens with one attached hydrogen (secondary N) is 1. The van der Waals surface area contributed by atoms with Crippen LogP contribution in [0.3, 0.4) is 0 Å². The highest BCUT2D eigenvalue weighted by molar-refractivity contribution is 6.35. The predicted octanol–water partition coefficient (Wildman–Crippen LogP) is 4.76. The van der Waals surface area contributed by atoms with Gasteiger partial charge in [0.25, 0.3) is 5.91 Å². The average molecular weight is 391 g/mol. The zero-order chi connectivity index (χ0) is 18.8. The van der Waals surface area contributed by atoms with Gasteiger partial charge in [-0.1, -0.05) is 47.5 Å². The smallest absolute Gasteiger partial charge is 0.290 e. The fraction of sp³-hybridized carbons (Fsp3) is 0.158. The molecule has 5 nitrogen and oxygen atoms in total. The molecule has 26 heavy (non-hydrogen) atoms. The maximum absolute atomic E-state index is 12.7. The fourth-order valence-electron chi connectivity index (χ4n) is 2.63. The third kappa shape index (κ3) is 3.54. The number of benzene rings is 2. The summed E-state index contributed by atoms with van der Waals surface area (Å²) >= 11 is 12.1. The molecule has 1 N–H and O–H groups in total. The first-order valence-electron chi connectivity index (χ1n) is 7.86. The normalized spacial score (nSPS) is 10.8. The van der Waals surface area contributed by atoms with E-state index < -0.39 is 5.91 Å². The lowest BCUT2D eigenvalue weighted by molar-refractivity contribution is -0.116. The van der Waals surface area contributed by atoms with Gasteiger partial charge >= 0.3 is 0 Å². The van der Waals surface area contributed by atoms with Crippen LogP contribution in [0.1, 0.15) is 16.1 Å². The van der Waals surface area contributed by atoms with Crippen LogP contribution >= 0.6 is 23.2 Å². The molecule has 0 fully saturated rings. The summed E-state index contributed by atoms with van der Waals surface area (Å²) in [5, 5.41) is 4.32. The van der Waals surface area contributed by atoms with E-state index in [0.717, 1.165) is 5.39 Å². The van der Waals surface area contributed by atoms with Gasteiger partial charge in [-0.05, 0) is 25.1 Å². The lowest BCUT2D eigenvalue weighted by atomic mass is 10.1. The average Bonchev–Trinajstić information content (AvgIpc) is 2.94. The van der Waals surface area contributed by atoms with Gasteiger partial charge in [0.15, 0.2) is 11.3 Å². The molecular formula is C19H16Cl2N2O3.